The smallest absolute Gasteiger partial charge is 0.253 e. The van der Waals surface area contributed by atoms with Gasteiger partial charge in [-0.25, -0.2) is 0 Å². The number of fused-ring (bicyclic) bond motifs is 4. The summed E-state index contributed by atoms with van der Waals surface area (Å²) in [6.45, 7) is 0.186. The molecule has 11 heteroatoms. The maximum Gasteiger partial charge on any atom is 0.253 e. The molecule has 1 aromatic heterocycles. The monoisotopic (exact) mass is 574 g/mol. The first kappa shape index (κ1) is 25.4. The zero-order valence-corrected chi connectivity index (χ0v) is 22.8. The maximum absolute atomic E-state index is 13.8. The summed E-state index contributed by atoms with van der Waals surface area (Å²) >= 11 is 15.7. The van der Waals surface area contributed by atoms with Gasteiger partial charge in [0.15, 0.2) is 21.2 Å². The fourth-order valence-corrected chi connectivity index (χ4v) is 8.50. The maximum atomic E-state index is 13.8. The number of methoxy groups -OCH3 is 1. The van der Waals surface area contributed by atoms with Crippen molar-refractivity contribution < 1.29 is 29.0 Å². The van der Waals surface area contributed by atoms with Crippen LogP contribution in [0.4, 0.5) is 0 Å². The Bertz CT molecular complexity index is 1430. The van der Waals surface area contributed by atoms with Crippen LogP contribution in [0, 0.1) is 17.8 Å². The van der Waals surface area contributed by atoms with Gasteiger partial charge in [-0.15, -0.1) is 34.5 Å². The number of allylic oxidation sites excluding steroid dienone is 2. The molecule has 2 aliphatic carbocycles. The van der Waals surface area contributed by atoms with Gasteiger partial charge in [0.25, 0.3) is 11.8 Å². The van der Waals surface area contributed by atoms with Crippen LogP contribution in [0.25, 0.3) is 0 Å². The summed E-state index contributed by atoms with van der Waals surface area (Å²) in [5, 5.41) is 12.5. The third kappa shape index (κ3) is 3.15. The molecular formula is C27H24Cl2N2O6S. The van der Waals surface area contributed by atoms with Crippen molar-refractivity contribution in [3.05, 3.63) is 57.8 Å². The number of ether oxygens (including phenoxy) is 1. The Labute approximate surface area is 232 Å². The number of carbonyl (C=O) groups excluding carboxylic acids is 4. The Kier molecular flexibility index (Phi) is 5.72. The number of amides is 4. The molecule has 6 atom stereocenters. The summed E-state index contributed by atoms with van der Waals surface area (Å²) in [5.74, 6) is -4.63. The van der Waals surface area contributed by atoms with Crippen molar-refractivity contribution in [1.29, 1.82) is 0 Å². The summed E-state index contributed by atoms with van der Waals surface area (Å²) in [6.07, 6.45) is 2.10. The van der Waals surface area contributed by atoms with E-state index in [-0.39, 0.29) is 36.3 Å². The average molecular weight is 575 g/mol. The van der Waals surface area contributed by atoms with E-state index in [1.54, 1.807) is 12.1 Å². The predicted octanol–water partition coefficient (Wildman–Crippen LogP) is 3.65. The average Bonchev–Trinajstić information content (AvgIpc) is 3.53. The van der Waals surface area contributed by atoms with E-state index in [0.717, 1.165) is 9.78 Å². The number of phenols is 1. The molecule has 0 spiro atoms. The van der Waals surface area contributed by atoms with Crippen LogP contribution in [-0.2, 0) is 25.7 Å². The molecule has 38 heavy (non-hydrogen) atoms. The standard InChI is InChI=1S/C27H24Cl2N2O6S/c1-30-24(35)26(28)11-17-15(21(27(26,29)25(30)36)13-5-8-19(37-2)18(32)10-13)6-7-16-20(17)23(34)31(22(16)33)12-14-4-3-9-38-14/h3-6,8-10,16-17,20-21,32H,7,11-12H2,1-2H3/t16-,17+,20-,21-,26+,27-/m0/s1. The summed E-state index contributed by atoms with van der Waals surface area (Å²) in [5.41, 5.74) is 1.14. The van der Waals surface area contributed by atoms with Crippen LogP contribution in [0.3, 0.4) is 0 Å². The van der Waals surface area contributed by atoms with Crippen LogP contribution in [0.5, 0.6) is 11.5 Å². The predicted molar refractivity (Wildman–Crippen MR) is 140 cm³/mol. The second-order valence-electron chi connectivity index (χ2n) is 10.3. The van der Waals surface area contributed by atoms with E-state index in [1.165, 1.54) is 36.5 Å². The minimum atomic E-state index is -1.89. The summed E-state index contributed by atoms with van der Waals surface area (Å²) in [6, 6.07) is 8.40. The van der Waals surface area contributed by atoms with Crippen molar-refractivity contribution in [2.45, 2.75) is 35.1 Å². The zero-order valence-electron chi connectivity index (χ0n) is 20.5. The molecule has 0 bridgehead atoms. The SMILES string of the molecule is COc1ccc([C@H]2C3=CC[C@@H]4C(=O)N(Cc5cccs5)C(=O)[C@@H]4[C@@H]3C[C@@]3(Cl)C(=O)N(C)C(=O)[C@@]23Cl)cc1O. The highest BCUT2D eigenvalue weighted by Gasteiger charge is 2.75. The number of carbonyl (C=O) groups is 4. The number of likely N-dealkylation sites (tertiary alicyclic amines) is 2. The van der Waals surface area contributed by atoms with Gasteiger partial charge in [0, 0.05) is 17.8 Å². The third-order valence-electron chi connectivity index (χ3n) is 8.54. The molecule has 4 amide bonds. The number of alkyl halides is 2. The highest BCUT2D eigenvalue weighted by Crippen LogP contribution is 2.65. The molecule has 1 aromatic carbocycles. The summed E-state index contributed by atoms with van der Waals surface area (Å²) in [4.78, 5) is 53.6. The molecule has 8 nitrogen and oxygen atoms in total. The van der Waals surface area contributed by atoms with E-state index in [4.69, 9.17) is 27.9 Å². The van der Waals surface area contributed by atoms with Crippen molar-refractivity contribution in [2.75, 3.05) is 14.2 Å². The van der Waals surface area contributed by atoms with Gasteiger partial charge < -0.3 is 9.84 Å². The van der Waals surface area contributed by atoms with E-state index in [2.05, 4.69) is 0 Å². The lowest BCUT2D eigenvalue weighted by Gasteiger charge is -2.50. The topological polar surface area (TPSA) is 104 Å². The summed E-state index contributed by atoms with van der Waals surface area (Å²) in [7, 11) is 2.76. The number of phenolic OH excluding ortho intramolecular Hbond substituents is 1. The molecule has 1 saturated carbocycles. The van der Waals surface area contributed by atoms with Gasteiger partial charge in [0.2, 0.25) is 11.8 Å². The number of halogens is 2. The molecule has 2 saturated heterocycles. The van der Waals surface area contributed by atoms with Gasteiger partial charge >= 0.3 is 0 Å². The number of nitrogens with zero attached hydrogens (tertiary/aromatic N) is 2. The van der Waals surface area contributed by atoms with E-state index in [0.29, 0.717) is 17.6 Å². The van der Waals surface area contributed by atoms with Gasteiger partial charge in [-0.1, -0.05) is 23.8 Å². The van der Waals surface area contributed by atoms with E-state index < -0.39 is 45.2 Å². The highest BCUT2D eigenvalue weighted by atomic mass is 35.5. The van der Waals surface area contributed by atoms with E-state index in [1.807, 2.05) is 23.6 Å². The lowest BCUT2D eigenvalue weighted by Crippen LogP contribution is -2.60. The number of aromatic hydroxyl groups is 1. The van der Waals surface area contributed by atoms with Gasteiger partial charge in [-0.05, 0) is 47.9 Å². The largest absolute Gasteiger partial charge is 0.504 e. The number of imide groups is 2. The number of thiophene rings is 1. The Morgan fingerprint density at radius 3 is 2.53 bits per heavy atom. The molecular weight excluding hydrogens is 551 g/mol. The first-order valence-electron chi connectivity index (χ1n) is 12.2. The van der Waals surface area contributed by atoms with Gasteiger partial charge in [0.05, 0.1) is 25.5 Å². The molecule has 6 rings (SSSR count). The van der Waals surface area contributed by atoms with Crippen LogP contribution >= 0.6 is 34.5 Å². The Hall–Kier alpha value is -2.88. The molecule has 2 aromatic rings. The van der Waals surface area contributed by atoms with Crippen molar-refractivity contribution in [1.82, 2.24) is 9.80 Å². The normalized spacial score (nSPS) is 34.3. The molecule has 0 unspecified atom stereocenters. The molecule has 0 radical (unpaired) electrons. The first-order chi connectivity index (χ1) is 18.0. The molecule has 2 aliphatic heterocycles. The van der Waals surface area contributed by atoms with Crippen LogP contribution in [-0.4, -0.2) is 62.4 Å². The van der Waals surface area contributed by atoms with Crippen molar-refractivity contribution in [3.63, 3.8) is 0 Å². The highest BCUT2D eigenvalue weighted by molar-refractivity contribution is 7.09. The number of hydrogen-bond donors (Lipinski definition) is 1. The molecule has 4 aliphatic rings. The summed E-state index contributed by atoms with van der Waals surface area (Å²) < 4.78 is 5.18. The quantitative estimate of drug-likeness (QED) is 0.339. The lowest BCUT2D eigenvalue weighted by atomic mass is 9.56. The minimum Gasteiger partial charge on any atom is -0.504 e. The Morgan fingerprint density at radius 1 is 1.11 bits per heavy atom. The Morgan fingerprint density at radius 2 is 1.87 bits per heavy atom. The van der Waals surface area contributed by atoms with E-state index >= 15 is 0 Å². The van der Waals surface area contributed by atoms with Crippen LogP contribution < -0.4 is 4.74 Å². The van der Waals surface area contributed by atoms with Crippen molar-refractivity contribution in [3.8, 4) is 11.5 Å². The van der Waals surface area contributed by atoms with Gasteiger partial charge in [-0.3, -0.25) is 29.0 Å². The van der Waals surface area contributed by atoms with Gasteiger partial charge in [0.1, 0.15) is 0 Å². The second kappa shape index (κ2) is 8.56. The number of rotatable bonds is 4. The van der Waals surface area contributed by atoms with Crippen LogP contribution in [0.1, 0.15) is 29.2 Å². The number of benzene rings is 1. The first-order valence-corrected chi connectivity index (χ1v) is 13.8. The molecule has 1 N–H and O–H groups in total. The minimum absolute atomic E-state index is 0.0650. The fourth-order valence-electron chi connectivity index (χ4n) is 6.78. The lowest BCUT2D eigenvalue weighted by molar-refractivity contribution is -0.141. The number of hydrogen-bond acceptors (Lipinski definition) is 7. The Balaban J connectivity index is 1.49. The van der Waals surface area contributed by atoms with Crippen molar-refractivity contribution in [2.24, 2.45) is 17.8 Å². The van der Waals surface area contributed by atoms with Gasteiger partial charge in [-0.2, -0.15) is 0 Å². The van der Waals surface area contributed by atoms with Crippen LogP contribution in [0.2, 0.25) is 0 Å². The van der Waals surface area contributed by atoms with Crippen molar-refractivity contribution >= 4 is 58.2 Å². The van der Waals surface area contributed by atoms with E-state index in [9.17, 15) is 24.3 Å². The fraction of sp³-hybridized carbons (Fsp3) is 0.407. The van der Waals surface area contributed by atoms with Crippen LogP contribution in [0.15, 0.2) is 47.4 Å². The molecule has 3 heterocycles. The second-order valence-corrected chi connectivity index (χ2v) is 12.5. The molecule has 3 fully saturated rings. The third-order valence-corrected chi connectivity index (χ3v) is 10.8. The zero-order chi connectivity index (χ0) is 27.1. The molecule has 198 valence electrons.